The molecule has 2 amide bonds. The number of carbonyl (C=O) groups is 2. The van der Waals surface area contributed by atoms with Gasteiger partial charge in [-0.1, -0.05) is 0 Å². The molecule has 1 aromatic rings. The Hall–Kier alpha value is -2.10. The highest BCUT2D eigenvalue weighted by molar-refractivity contribution is 7.99. The lowest BCUT2D eigenvalue weighted by Crippen LogP contribution is -2.48. The largest absolute Gasteiger partial charge is 0.389 e. The van der Waals surface area contributed by atoms with Crippen molar-refractivity contribution >= 4 is 29.4 Å². The van der Waals surface area contributed by atoms with Crippen LogP contribution in [-0.2, 0) is 16.1 Å². The van der Waals surface area contributed by atoms with Gasteiger partial charge in [-0.25, -0.2) is 0 Å². The van der Waals surface area contributed by atoms with Gasteiger partial charge in [0.15, 0.2) is 0 Å². The molecule has 0 aromatic carbocycles. The van der Waals surface area contributed by atoms with E-state index in [-0.39, 0.29) is 24.2 Å². The number of nitrogens with zero attached hydrogens (tertiary/aromatic N) is 4. The molecule has 2 aliphatic rings. The molecular formula is C13H17N5O4S. The molecule has 1 aliphatic carbocycles. The van der Waals surface area contributed by atoms with E-state index in [9.17, 15) is 19.7 Å². The maximum atomic E-state index is 12.4. The molecule has 0 spiro atoms. The molecule has 2 heterocycles. The summed E-state index contributed by atoms with van der Waals surface area (Å²) < 4.78 is 1.22. The fourth-order valence-electron chi connectivity index (χ4n) is 2.36. The van der Waals surface area contributed by atoms with Crippen molar-refractivity contribution in [3.05, 3.63) is 22.4 Å². The molecule has 3 rings (SSSR count). The van der Waals surface area contributed by atoms with Crippen molar-refractivity contribution < 1.29 is 14.5 Å². The maximum Gasteiger partial charge on any atom is 0.389 e. The van der Waals surface area contributed by atoms with Gasteiger partial charge in [0.25, 0.3) is 0 Å². The lowest BCUT2D eigenvalue weighted by Gasteiger charge is -2.22. The third-order valence-electron chi connectivity index (χ3n) is 3.88. The third kappa shape index (κ3) is 3.81. The summed E-state index contributed by atoms with van der Waals surface area (Å²) in [6.07, 6.45) is 3.70. The SMILES string of the molecule is O=C(NCC1CC1)[C@H]1CSCN1C(=O)Cn1ccc([N+](=O)[O-])n1. The number of aromatic nitrogens is 2. The fraction of sp³-hybridized carbons (Fsp3) is 0.615. The van der Waals surface area contributed by atoms with E-state index in [2.05, 4.69) is 10.4 Å². The number of rotatable bonds is 6. The topological polar surface area (TPSA) is 110 Å². The average Bonchev–Trinajstić information content (AvgIpc) is 3.01. The Morgan fingerprint density at radius 2 is 2.26 bits per heavy atom. The summed E-state index contributed by atoms with van der Waals surface area (Å²) in [6.45, 7) is 0.564. The van der Waals surface area contributed by atoms with Crippen molar-refractivity contribution in [2.45, 2.75) is 25.4 Å². The highest BCUT2D eigenvalue weighted by Crippen LogP contribution is 2.28. The molecule has 1 saturated heterocycles. The molecule has 1 atom stereocenters. The summed E-state index contributed by atoms with van der Waals surface area (Å²) in [4.78, 5) is 36.1. The van der Waals surface area contributed by atoms with E-state index in [1.165, 1.54) is 33.6 Å². The molecule has 1 aliphatic heterocycles. The highest BCUT2D eigenvalue weighted by atomic mass is 32.2. The second-order valence-corrected chi connectivity index (χ2v) is 6.70. The first kappa shape index (κ1) is 15.8. The zero-order valence-corrected chi connectivity index (χ0v) is 13.2. The third-order valence-corrected chi connectivity index (χ3v) is 4.89. The standard InChI is InChI=1S/C13H17N5O4S/c19-12(6-16-4-3-11(15-16)18(21)22)17-8-23-7-10(17)13(20)14-5-9-1-2-9/h3-4,9-10H,1-2,5-8H2,(H,14,20)/t10-/m1/s1. The van der Waals surface area contributed by atoms with Gasteiger partial charge in [0, 0.05) is 12.3 Å². The van der Waals surface area contributed by atoms with Crippen LogP contribution < -0.4 is 5.32 Å². The summed E-state index contributed by atoms with van der Waals surface area (Å²) >= 11 is 1.52. The van der Waals surface area contributed by atoms with Crippen LogP contribution in [0.1, 0.15) is 12.8 Å². The lowest BCUT2D eigenvalue weighted by atomic mass is 10.2. The van der Waals surface area contributed by atoms with Gasteiger partial charge in [0.1, 0.15) is 12.6 Å². The van der Waals surface area contributed by atoms with Gasteiger partial charge in [-0.05, 0) is 23.7 Å². The molecule has 1 N–H and O–H groups in total. The Balaban J connectivity index is 1.58. The minimum atomic E-state index is -0.610. The predicted molar refractivity (Wildman–Crippen MR) is 82.6 cm³/mol. The number of nitrogens with one attached hydrogen (secondary N) is 1. The van der Waals surface area contributed by atoms with Crippen LogP contribution in [-0.4, -0.2) is 55.6 Å². The molecule has 23 heavy (non-hydrogen) atoms. The minimum Gasteiger partial charge on any atom is -0.358 e. The van der Waals surface area contributed by atoms with Crippen LogP contribution in [0, 0.1) is 16.0 Å². The summed E-state index contributed by atoms with van der Waals surface area (Å²) in [5.74, 6) is 0.918. The van der Waals surface area contributed by atoms with Gasteiger partial charge in [-0.3, -0.25) is 9.59 Å². The normalized spacial score (nSPS) is 20.5. The second-order valence-electron chi connectivity index (χ2n) is 5.70. The van der Waals surface area contributed by atoms with Crippen LogP contribution in [0.25, 0.3) is 0 Å². The van der Waals surface area contributed by atoms with E-state index in [0.717, 1.165) is 12.8 Å². The Labute approximate surface area is 136 Å². The summed E-state index contributed by atoms with van der Waals surface area (Å²) in [6, 6.07) is 0.767. The van der Waals surface area contributed by atoms with E-state index in [1.54, 1.807) is 0 Å². The number of amides is 2. The fourth-order valence-corrected chi connectivity index (χ4v) is 3.54. The Morgan fingerprint density at radius 1 is 1.48 bits per heavy atom. The molecular weight excluding hydrogens is 322 g/mol. The smallest absolute Gasteiger partial charge is 0.358 e. The monoisotopic (exact) mass is 339 g/mol. The van der Waals surface area contributed by atoms with Crippen LogP contribution in [0.3, 0.4) is 0 Å². The first-order valence-electron chi connectivity index (χ1n) is 7.37. The van der Waals surface area contributed by atoms with Gasteiger partial charge in [0.2, 0.25) is 11.8 Å². The predicted octanol–water partition coefficient (Wildman–Crippen LogP) is 0.219. The van der Waals surface area contributed by atoms with Gasteiger partial charge >= 0.3 is 5.82 Å². The van der Waals surface area contributed by atoms with Crippen LogP contribution in [0.2, 0.25) is 0 Å². The quantitative estimate of drug-likeness (QED) is 0.586. The van der Waals surface area contributed by atoms with E-state index in [4.69, 9.17) is 0 Å². The van der Waals surface area contributed by atoms with Crippen LogP contribution in [0.5, 0.6) is 0 Å². The summed E-state index contributed by atoms with van der Waals surface area (Å²) in [7, 11) is 0. The van der Waals surface area contributed by atoms with Crippen molar-refractivity contribution in [3.63, 3.8) is 0 Å². The van der Waals surface area contributed by atoms with E-state index < -0.39 is 11.0 Å². The van der Waals surface area contributed by atoms with Crippen molar-refractivity contribution in [2.75, 3.05) is 18.2 Å². The molecule has 1 aromatic heterocycles. The Morgan fingerprint density at radius 3 is 2.91 bits per heavy atom. The molecule has 1 saturated carbocycles. The summed E-state index contributed by atoms with van der Waals surface area (Å²) in [5.41, 5.74) is 0. The van der Waals surface area contributed by atoms with Crippen molar-refractivity contribution in [3.8, 4) is 0 Å². The van der Waals surface area contributed by atoms with E-state index in [0.29, 0.717) is 24.1 Å². The van der Waals surface area contributed by atoms with Crippen molar-refractivity contribution in [1.29, 1.82) is 0 Å². The van der Waals surface area contributed by atoms with E-state index in [1.807, 2.05) is 0 Å². The zero-order valence-electron chi connectivity index (χ0n) is 12.4. The van der Waals surface area contributed by atoms with E-state index >= 15 is 0 Å². The van der Waals surface area contributed by atoms with Crippen LogP contribution >= 0.6 is 11.8 Å². The molecule has 0 unspecified atom stereocenters. The van der Waals surface area contributed by atoms with Gasteiger partial charge in [-0.15, -0.1) is 11.8 Å². The second kappa shape index (κ2) is 6.57. The summed E-state index contributed by atoms with van der Waals surface area (Å²) in [5, 5.41) is 17.2. The average molecular weight is 339 g/mol. The Bertz CT molecular complexity index is 630. The number of hydrogen-bond donors (Lipinski definition) is 1. The van der Waals surface area contributed by atoms with Gasteiger partial charge < -0.3 is 20.3 Å². The van der Waals surface area contributed by atoms with Gasteiger partial charge in [-0.2, -0.15) is 4.68 Å². The van der Waals surface area contributed by atoms with Crippen molar-refractivity contribution in [1.82, 2.24) is 20.0 Å². The number of hydrogen-bond acceptors (Lipinski definition) is 6. The molecule has 2 fully saturated rings. The number of thioether (sulfide) groups is 1. The van der Waals surface area contributed by atoms with Gasteiger partial charge in [0.05, 0.1) is 23.2 Å². The molecule has 9 nitrogen and oxygen atoms in total. The highest BCUT2D eigenvalue weighted by Gasteiger charge is 2.35. The minimum absolute atomic E-state index is 0.110. The van der Waals surface area contributed by atoms with Crippen LogP contribution in [0.15, 0.2) is 12.3 Å². The maximum absolute atomic E-state index is 12.4. The molecule has 0 bridgehead atoms. The zero-order chi connectivity index (χ0) is 16.4. The first-order chi connectivity index (χ1) is 11.0. The molecule has 10 heteroatoms. The lowest BCUT2D eigenvalue weighted by molar-refractivity contribution is -0.389. The Kier molecular flexibility index (Phi) is 4.51. The number of carbonyl (C=O) groups excluding carboxylic acids is 2. The van der Waals surface area contributed by atoms with Crippen LogP contribution in [0.4, 0.5) is 5.82 Å². The molecule has 124 valence electrons. The first-order valence-corrected chi connectivity index (χ1v) is 8.53. The van der Waals surface area contributed by atoms with Crippen molar-refractivity contribution in [2.24, 2.45) is 5.92 Å². The molecule has 0 radical (unpaired) electrons. The number of nitro groups is 1.